The molecule has 1 fully saturated rings. The molecule has 0 bridgehead atoms. The summed E-state index contributed by atoms with van der Waals surface area (Å²) in [5.41, 5.74) is 3.99. The average molecular weight is 687 g/mol. The minimum Gasteiger partial charge on any atom is -0.506 e. The molecule has 1 saturated heterocycles. The molecule has 0 spiro atoms. The molecule has 0 unspecified atom stereocenters. The summed E-state index contributed by atoms with van der Waals surface area (Å²) in [4.78, 5) is 43.3. The van der Waals surface area contributed by atoms with Crippen molar-refractivity contribution >= 4 is 33.6 Å². The van der Waals surface area contributed by atoms with Crippen molar-refractivity contribution in [2.45, 2.75) is 84.0 Å². The molecule has 4 aromatic heterocycles. The van der Waals surface area contributed by atoms with Crippen LogP contribution in [0.1, 0.15) is 74.7 Å². The first-order valence-corrected chi connectivity index (χ1v) is 17.5. The summed E-state index contributed by atoms with van der Waals surface area (Å²) in [6.45, 7) is 7.72. The van der Waals surface area contributed by atoms with Gasteiger partial charge in [-0.25, -0.2) is 14.5 Å². The fourth-order valence-electron chi connectivity index (χ4n) is 6.51. The van der Waals surface area contributed by atoms with Gasteiger partial charge in [-0.3, -0.25) is 9.78 Å². The van der Waals surface area contributed by atoms with Crippen molar-refractivity contribution in [3.05, 3.63) is 73.9 Å². The first-order valence-electron chi connectivity index (χ1n) is 17.5. The smallest absolute Gasteiger partial charge is 0.349 e. The van der Waals surface area contributed by atoms with Crippen molar-refractivity contribution < 1.29 is 14.9 Å². The molecule has 6 rings (SSSR count). The second kappa shape index (κ2) is 16.2. The molecule has 5 heterocycles. The fourth-order valence-corrected chi connectivity index (χ4v) is 6.51. The van der Waals surface area contributed by atoms with Crippen molar-refractivity contribution in [2.24, 2.45) is 0 Å². The van der Waals surface area contributed by atoms with Gasteiger partial charge in [-0.1, -0.05) is 19.4 Å². The molecule has 15 nitrogen and oxygen atoms in total. The SMILES string of the molecule is CCc1nc2c(cnn2CC)c(NC2CCOCC2)c1CNc1nc(CCCCCNC[C@H](O)c2ccc(O)c3[nH]c(=O)ccc23)[nH]c(=O)n1. The zero-order valence-corrected chi connectivity index (χ0v) is 28.6. The van der Waals surface area contributed by atoms with E-state index in [4.69, 9.17) is 9.72 Å². The lowest BCUT2D eigenvalue weighted by molar-refractivity contribution is 0.0904. The Labute approximate surface area is 288 Å². The Bertz CT molecular complexity index is 2030. The summed E-state index contributed by atoms with van der Waals surface area (Å²) in [6, 6.07) is 6.39. The number of aromatic amines is 2. The standard InChI is InChI=1S/C35H46N10O5/c1-3-26-24(31(39-21-13-16-50-17-14-21)25-19-38-45(4-2)33(25)40-26)18-37-34-41-29(42-35(49)44-34)8-6-5-7-15-36-20-28(47)22-9-11-27(46)32-23(22)10-12-30(48)43-32/h9-12,19,21,28,36,46-47H,3-8,13-18,20H2,1-2H3,(H,39,40)(H,43,48)(H2,37,41,42,44,49)/t28-/m0/s1. The monoisotopic (exact) mass is 686 g/mol. The molecule has 0 radical (unpaired) electrons. The zero-order chi connectivity index (χ0) is 35.0. The molecular formula is C35H46N10O5. The van der Waals surface area contributed by atoms with Crippen LogP contribution in [0.5, 0.6) is 5.75 Å². The van der Waals surface area contributed by atoms with E-state index in [2.05, 4.69) is 54.8 Å². The van der Waals surface area contributed by atoms with Gasteiger partial charge in [-0.2, -0.15) is 15.1 Å². The number of phenols is 1. The number of pyridine rings is 2. The molecule has 0 aliphatic carbocycles. The summed E-state index contributed by atoms with van der Waals surface area (Å²) in [7, 11) is 0. The number of rotatable bonds is 16. The number of unbranched alkanes of at least 4 members (excludes halogenated alkanes) is 2. The first kappa shape index (κ1) is 35.0. The number of aromatic hydroxyl groups is 1. The lowest BCUT2D eigenvalue weighted by atomic mass is 10.0. The lowest BCUT2D eigenvalue weighted by Gasteiger charge is -2.26. The Morgan fingerprint density at radius 1 is 1.02 bits per heavy atom. The third-order valence-electron chi connectivity index (χ3n) is 9.17. The number of nitrogens with zero attached hydrogens (tertiary/aromatic N) is 5. The second-order valence-electron chi connectivity index (χ2n) is 12.6. The molecule has 266 valence electrons. The number of hydrogen-bond acceptors (Lipinski definition) is 12. The quantitative estimate of drug-likeness (QED) is 0.0747. The van der Waals surface area contributed by atoms with Gasteiger partial charge in [0.05, 0.1) is 28.9 Å². The van der Waals surface area contributed by atoms with Crippen LogP contribution in [0.3, 0.4) is 0 Å². The molecule has 1 aromatic carbocycles. The number of nitrogens with one attached hydrogen (secondary N) is 5. The molecule has 1 aliphatic heterocycles. The van der Waals surface area contributed by atoms with E-state index in [0.29, 0.717) is 48.3 Å². The van der Waals surface area contributed by atoms with Crippen LogP contribution < -0.4 is 27.2 Å². The van der Waals surface area contributed by atoms with Gasteiger partial charge in [0.1, 0.15) is 11.6 Å². The highest BCUT2D eigenvalue weighted by Gasteiger charge is 2.22. The van der Waals surface area contributed by atoms with E-state index in [1.807, 2.05) is 10.9 Å². The summed E-state index contributed by atoms with van der Waals surface area (Å²) >= 11 is 0. The minimum atomic E-state index is -0.810. The highest BCUT2D eigenvalue weighted by atomic mass is 16.5. The predicted octanol–water partition coefficient (Wildman–Crippen LogP) is 3.28. The maximum Gasteiger partial charge on any atom is 0.349 e. The number of fused-ring (bicyclic) bond motifs is 2. The molecule has 50 heavy (non-hydrogen) atoms. The third-order valence-corrected chi connectivity index (χ3v) is 9.17. The Balaban J connectivity index is 1.03. The summed E-state index contributed by atoms with van der Waals surface area (Å²) in [5, 5.41) is 37.4. The van der Waals surface area contributed by atoms with Crippen LogP contribution >= 0.6 is 0 Å². The highest BCUT2D eigenvalue weighted by molar-refractivity contribution is 5.91. The van der Waals surface area contributed by atoms with Gasteiger partial charge < -0.3 is 35.9 Å². The normalized spacial score (nSPS) is 14.4. The largest absolute Gasteiger partial charge is 0.506 e. The van der Waals surface area contributed by atoms with Crippen LogP contribution in [0.2, 0.25) is 0 Å². The number of aromatic nitrogens is 7. The second-order valence-corrected chi connectivity index (χ2v) is 12.6. The van der Waals surface area contributed by atoms with Gasteiger partial charge in [-0.15, -0.1) is 0 Å². The molecule has 15 heteroatoms. The van der Waals surface area contributed by atoms with Gasteiger partial charge in [0, 0.05) is 68.0 Å². The molecule has 5 aromatic rings. The van der Waals surface area contributed by atoms with Crippen LogP contribution in [-0.4, -0.2) is 77.3 Å². The third kappa shape index (κ3) is 8.12. The fraction of sp³-hybridized carbons (Fsp3) is 0.486. The number of phenolic OH excluding ortho intramolecular Hbond substituents is 1. The van der Waals surface area contributed by atoms with Crippen LogP contribution in [0, 0.1) is 0 Å². The van der Waals surface area contributed by atoms with Gasteiger partial charge in [0.2, 0.25) is 11.5 Å². The molecule has 1 atom stereocenters. The molecule has 1 aliphatic rings. The molecule has 0 saturated carbocycles. The van der Waals surface area contributed by atoms with Crippen LogP contribution in [0.4, 0.5) is 11.6 Å². The predicted molar refractivity (Wildman–Crippen MR) is 192 cm³/mol. The number of ether oxygens (including phenoxy) is 1. The van der Waals surface area contributed by atoms with E-state index in [9.17, 15) is 19.8 Å². The van der Waals surface area contributed by atoms with Gasteiger partial charge in [0.25, 0.3) is 0 Å². The van der Waals surface area contributed by atoms with Gasteiger partial charge in [-0.05, 0) is 63.3 Å². The molecule has 7 N–H and O–H groups in total. The van der Waals surface area contributed by atoms with Crippen molar-refractivity contribution in [2.75, 3.05) is 36.9 Å². The van der Waals surface area contributed by atoms with E-state index in [-0.39, 0.29) is 23.3 Å². The van der Waals surface area contributed by atoms with E-state index in [1.165, 1.54) is 12.1 Å². The van der Waals surface area contributed by atoms with Crippen molar-refractivity contribution in [1.29, 1.82) is 0 Å². The number of benzene rings is 1. The van der Waals surface area contributed by atoms with Crippen molar-refractivity contribution in [3.8, 4) is 5.75 Å². The van der Waals surface area contributed by atoms with Crippen molar-refractivity contribution in [1.82, 2.24) is 40.0 Å². The van der Waals surface area contributed by atoms with E-state index >= 15 is 0 Å². The molecular weight excluding hydrogens is 640 g/mol. The van der Waals surface area contributed by atoms with E-state index in [0.717, 1.165) is 86.3 Å². The Morgan fingerprint density at radius 3 is 2.66 bits per heavy atom. The van der Waals surface area contributed by atoms with E-state index < -0.39 is 11.8 Å². The van der Waals surface area contributed by atoms with Crippen LogP contribution in [0.25, 0.3) is 21.9 Å². The number of anilines is 2. The maximum atomic E-state index is 12.5. The van der Waals surface area contributed by atoms with Gasteiger partial charge >= 0.3 is 5.69 Å². The Kier molecular flexibility index (Phi) is 11.4. The molecule has 0 amide bonds. The number of aliphatic hydroxyl groups excluding tert-OH is 1. The Hall–Kier alpha value is -4.86. The number of aryl methyl sites for hydroxylation is 3. The van der Waals surface area contributed by atoms with E-state index in [1.54, 1.807) is 12.1 Å². The topological polar surface area (TPSA) is 208 Å². The van der Waals surface area contributed by atoms with Crippen LogP contribution in [0.15, 0.2) is 40.1 Å². The minimum absolute atomic E-state index is 0.0388. The number of aliphatic hydroxyl groups is 1. The first-order chi connectivity index (χ1) is 24.3. The average Bonchev–Trinajstić information content (AvgIpc) is 3.54. The highest BCUT2D eigenvalue weighted by Crippen LogP contribution is 2.32. The van der Waals surface area contributed by atoms with Gasteiger partial charge in [0.15, 0.2) is 5.65 Å². The number of H-pyrrole nitrogens is 2. The lowest BCUT2D eigenvalue weighted by Crippen LogP contribution is -2.29. The number of hydrogen-bond donors (Lipinski definition) is 7. The summed E-state index contributed by atoms with van der Waals surface area (Å²) in [5.74, 6) is 0.805. The van der Waals surface area contributed by atoms with Crippen LogP contribution in [-0.2, 0) is 30.7 Å². The summed E-state index contributed by atoms with van der Waals surface area (Å²) in [6.07, 6.45) is 6.78. The Morgan fingerprint density at radius 2 is 1.86 bits per heavy atom. The maximum absolute atomic E-state index is 12.5. The zero-order valence-electron chi connectivity index (χ0n) is 28.6. The summed E-state index contributed by atoms with van der Waals surface area (Å²) < 4.78 is 7.50. The van der Waals surface area contributed by atoms with Crippen molar-refractivity contribution in [3.63, 3.8) is 0 Å².